The van der Waals surface area contributed by atoms with E-state index in [0.29, 0.717) is 29.5 Å². The highest BCUT2D eigenvalue weighted by atomic mass is 32.1. The summed E-state index contributed by atoms with van der Waals surface area (Å²) in [6, 6.07) is 7.68. The highest BCUT2D eigenvalue weighted by Crippen LogP contribution is 2.26. The van der Waals surface area contributed by atoms with Crippen molar-refractivity contribution in [1.29, 1.82) is 0 Å². The summed E-state index contributed by atoms with van der Waals surface area (Å²) >= 11 is 2.91. The molecule has 2 aromatic heterocycles. The first-order valence-corrected chi connectivity index (χ1v) is 11.4. The molecule has 1 aromatic carbocycles. The third-order valence-electron chi connectivity index (χ3n) is 4.78. The molecule has 158 valence electrons. The van der Waals surface area contributed by atoms with E-state index in [-0.39, 0.29) is 18.6 Å². The quantitative estimate of drug-likeness (QED) is 0.538. The van der Waals surface area contributed by atoms with Gasteiger partial charge in [0.15, 0.2) is 16.8 Å². The number of hydrogen-bond donors (Lipinski definition) is 1. The van der Waals surface area contributed by atoms with Gasteiger partial charge in [-0.2, -0.15) is 0 Å². The van der Waals surface area contributed by atoms with Crippen LogP contribution < -0.4 is 5.32 Å². The zero-order chi connectivity index (χ0) is 20.9. The van der Waals surface area contributed by atoms with Crippen molar-refractivity contribution in [3.8, 4) is 11.3 Å². The van der Waals surface area contributed by atoms with Crippen molar-refractivity contribution >= 4 is 33.7 Å². The maximum Gasteiger partial charge on any atom is 0.240 e. The Labute approximate surface area is 181 Å². The van der Waals surface area contributed by atoms with E-state index in [0.717, 1.165) is 31.6 Å². The molecule has 1 aliphatic rings. The second-order valence-electron chi connectivity index (χ2n) is 7.10. The number of thiazole rings is 1. The van der Waals surface area contributed by atoms with E-state index in [1.807, 2.05) is 11.4 Å². The van der Waals surface area contributed by atoms with E-state index >= 15 is 0 Å². The topological polar surface area (TPSA) is 54.5 Å². The number of halogens is 2. The molecule has 3 heterocycles. The van der Waals surface area contributed by atoms with Crippen LogP contribution in [0.2, 0.25) is 0 Å². The molecule has 1 fully saturated rings. The third kappa shape index (κ3) is 5.48. The predicted molar refractivity (Wildman–Crippen MR) is 115 cm³/mol. The molecule has 0 saturated carbocycles. The zero-order valence-electron chi connectivity index (χ0n) is 16.1. The molecule has 0 radical (unpaired) electrons. The van der Waals surface area contributed by atoms with Gasteiger partial charge in [-0.1, -0.05) is 6.07 Å². The van der Waals surface area contributed by atoms with Gasteiger partial charge < -0.3 is 10.1 Å². The molecule has 1 amide bonds. The lowest BCUT2D eigenvalue weighted by Crippen LogP contribution is -2.37. The number of anilines is 1. The van der Waals surface area contributed by atoms with Crippen molar-refractivity contribution in [1.82, 2.24) is 9.88 Å². The van der Waals surface area contributed by atoms with Crippen LogP contribution in [0.25, 0.3) is 11.3 Å². The monoisotopic (exact) mass is 449 g/mol. The van der Waals surface area contributed by atoms with Crippen LogP contribution in [0.5, 0.6) is 0 Å². The molecular weight excluding hydrogens is 428 g/mol. The Balaban J connectivity index is 1.38. The second-order valence-corrected chi connectivity index (χ2v) is 8.99. The average Bonchev–Trinajstić information content (AvgIpc) is 3.47. The number of carbonyl (C=O) groups excluding carboxylic acids is 1. The molecule has 1 unspecified atom stereocenters. The van der Waals surface area contributed by atoms with Crippen LogP contribution in [-0.2, 0) is 16.1 Å². The fraction of sp³-hybridized carbons (Fsp3) is 0.333. The summed E-state index contributed by atoms with van der Waals surface area (Å²) in [5.74, 6) is -2.00. The van der Waals surface area contributed by atoms with Crippen molar-refractivity contribution < 1.29 is 18.3 Å². The van der Waals surface area contributed by atoms with Gasteiger partial charge in [-0.3, -0.25) is 9.69 Å². The number of rotatable bonds is 8. The number of aromatic nitrogens is 1. The lowest BCUT2D eigenvalue weighted by molar-refractivity contribution is -0.117. The van der Waals surface area contributed by atoms with E-state index in [9.17, 15) is 13.6 Å². The van der Waals surface area contributed by atoms with Crippen LogP contribution in [0.4, 0.5) is 13.9 Å². The van der Waals surface area contributed by atoms with Crippen LogP contribution in [0, 0.1) is 11.6 Å². The SMILES string of the molecule is O=C(CN(Cc1cccs1)CC1CCCO1)Nc1nc(-c2ccc(F)c(F)c2)cs1. The van der Waals surface area contributed by atoms with Gasteiger partial charge >= 0.3 is 0 Å². The van der Waals surface area contributed by atoms with Gasteiger partial charge in [-0.25, -0.2) is 13.8 Å². The Kier molecular flexibility index (Phi) is 6.83. The first-order chi connectivity index (χ1) is 14.6. The molecule has 30 heavy (non-hydrogen) atoms. The smallest absolute Gasteiger partial charge is 0.240 e. The highest BCUT2D eigenvalue weighted by Gasteiger charge is 2.22. The number of amides is 1. The zero-order valence-corrected chi connectivity index (χ0v) is 17.8. The minimum absolute atomic E-state index is 0.151. The molecule has 0 spiro atoms. The van der Waals surface area contributed by atoms with Gasteiger partial charge in [0.25, 0.3) is 0 Å². The number of hydrogen-bond acceptors (Lipinski definition) is 6. The number of nitrogens with one attached hydrogen (secondary N) is 1. The van der Waals surface area contributed by atoms with Gasteiger partial charge in [0.2, 0.25) is 5.91 Å². The summed E-state index contributed by atoms with van der Waals surface area (Å²) < 4.78 is 32.3. The molecular formula is C21H21F2N3O2S2. The molecule has 1 atom stereocenters. The standard InChI is InChI=1S/C21H21F2N3O2S2/c22-17-6-5-14(9-18(17)23)19-13-30-21(24-19)25-20(27)12-26(10-15-3-1-7-28-15)11-16-4-2-8-29-16/h2,4-6,8-9,13,15H,1,3,7,10-12H2,(H,24,25,27). The van der Waals surface area contributed by atoms with Crippen LogP contribution in [0.15, 0.2) is 41.1 Å². The molecule has 9 heteroatoms. The van der Waals surface area contributed by atoms with Crippen LogP contribution in [0.1, 0.15) is 17.7 Å². The summed E-state index contributed by atoms with van der Waals surface area (Å²) in [5.41, 5.74) is 0.951. The minimum atomic E-state index is -0.926. The van der Waals surface area contributed by atoms with Crippen LogP contribution in [-0.4, -0.2) is 41.6 Å². The van der Waals surface area contributed by atoms with Crippen molar-refractivity contribution in [2.24, 2.45) is 0 Å². The van der Waals surface area contributed by atoms with Gasteiger partial charge in [-0.05, 0) is 42.5 Å². The van der Waals surface area contributed by atoms with Crippen molar-refractivity contribution in [2.45, 2.75) is 25.5 Å². The Morgan fingerprint density at radius 1 is 1.27 bits per heavy atom. The summed E-state index contributed by atoms with van der Waals surface area (Å²) in [6.45, 7) is 2.37. The molecule has 3 aromatic rings. The molecule has 1 N–H and O–H groups in total. The lowest BCUT2D eigenvalue weighted by atomic mass is 10.2. The normalized spacial score (nSPS) is 16.3. The average molecular weight is 450 g/mol. The van der Waals surface area contributed by atoms with Crippen LogP contribution >= 0.6 is 22.7 Å². The summed E-state index contributed by atoms with van der Waals surface area (Å²) in [7, 11) is 0. The van der Waals surface area contributed by atoms with E-state index in [4.69, 9.17) is 4.74 Å². The van der Waals surface area contributed by atoms with Crippen molar-refractivity contribution in [3.63, 3.8) is 0 Å². The number of ether oxygens (including phenoxy) is 1. The van der Waals surface area contributed by atoms with E-state index < -0.39 is 11.6 Å². The van der Waals surface area contributed by atoms with Crippen molar-refractivity contribution in [3.05, 3.63) is 57.6 Å². The highest BCUT2D eigenvalue weighted by molar-refractivity contribution is 7.14. The minimum Gasteiger partial charge on any atom is -0.377 e. The Morgan fingerprint density at radius 2 is 2.17 bits per heavy atom. The fourth-order valence-corrected chi connectivity index (χ4v) is 4.85. The van der Waals surface area contributed by atoms with Gasteiger partial charge in [-0.15, -0.1) is 22.7 Å². The van der Waals surface area contributed by atoms with Gasteiger partial charge in [0.1, 0.15) is 0 Å². The number of nitrogens with zero attached hydrogens (tertiary/aromatic N) is 2. The van der Waals surface area contributed by atoms with E-state index in [2.05, 4.69) is 21.3 Å². The molecule has 0 aliphatic carbocycles. The fourth-order valence-electron chi connectivity index (χ4n) is 3.37. The first-order valence-electron chi connectivity index (χ1n) is 9.64. The Morgan fingerprint density at radius 3 is 2.90 bits per heavy atom. The van der Waals surface area contributed by atoms with Gasteiger partial charge in [0.05, 0.1) is 18.3 Å². The Hall–Kier alpha value is -2.20. The summed E-state index contributed by atoms with van der Waals surface area (Å²) in [6.07, 6.45) is 2.21. The predicted octanol–water partition coefficient (Wildman–Crippen LogP) is 4.77. The number of thiophene rings is 1. The molecule has 0 bridgehead atoms. The van der Waals surface area contributed by atoms with E-state index in [1.165, 1.54) is 22.3 Å². The number of carbonyl (C=O) groups is 1. The number of benzene rings is 1. The van der Waals surface area contributed by atoms with E-state index in [1.54, 1.807) is 16.7 Å². The summed E-state index contributed by atoms with van der Waals surface area (Å²) in [4.78, 5) is 20.2. The molecule has 5 nitrogen and oxygen atoms in total. The summed E-state index contributed by atoms with van der Waals surface area (Å²) in [5, 5.41) is 6.97. The maximum atomic E-state index is 13.5. The largest absolute Gasteiger partial charge is 0.377 e. The molecule has 4 rings (SSSR count). The first kappa shape index (κ1) is 21.0. The van der Waals surface area contributed by atoms with Crippen molar-refractivity contribution in [2.75, 3.05) is 25.0 Å². The molecule has 1 aliphatic heterocycles. The Bertz CT molecular complexity index is 988. The second kappa shape index (κ2) is 9.74. The van der Waals surface area contributed by atoms with Crippen LogP contribution in [0.3, 0.4) is 0 Å². The molecule has 1 saturated heterocycles. The third-order valence-corrected chi connectivity index (χ3v) is 6.40. The van der Waals surface area contributed by atoms with Gasteiger partial charge in [0, 0.05) is 35.5 Å². The lowest BCUT2D eigenvalue weighted by Gasteiger charge is -2.23. The maximum absolute atomic E-state index is 13.5.